The molecule has 3 N–H and O–H groups in total. The number of H-pyrrole nitrogens is 1. The Balaban J connectivity index is 3.31. The van der Waals surface area contributed by atoms with Crippen LogP contribution in [0.4, 0.5) is 0 Å². The van der Waals surface area contributed by atoms with Crippen LogP contribution in [0.3, 0.4) is 0 Å². The predicted molar refractivity (Wildman–Crippen MR) is 36.9 cm³/mol. The second-order valence-electron chi connectivity index (χ2n) is 1.78. The summed E-state index contributed by atoms with van der Waals surface area (Å²) in [5.74, 6) is -0.445. The van der Waals surface area contributed by atoms with E-state index >= 15 is 0 Å². The first-order chi connectivity index (χ1) is 4.63. The van der Waals surface area contributed by atoms with E-state index in [0.29, 0.717) is 4.77 Å². The summed E-state index contributed by atoms with van der Waals surface area (Å²) in [7, 11) is 1.62. The van der Waals surface area contributed by atoms with Crippen LogP contribution < -0.4 is 5.73 Å². The van der Waals surface area contributed by atoms with E-state index in [0.717, 1.165) is 0 Å². The van der Waals surface area contributed by atoms with Crippen LogP contribution in [0.1, 0.15) is 10.6 Å². The number of nitrogens with two attached hydrogens (primary N) is 1. The number of hydrogen-bond acceptors (Lipinski definition) is 3. The normalized spacial score (nSPS) is 9.70. The first kappa shape index (κ1) is 6.94. The molecule has 1 aromatic rings. The maximum Gasteiger partial charge on any atom is 0.286 e. The van der Waals surface area contributed by atoms with Gasteiger partial charge in [-0.2, -0.15) is 0 Å². The fraction of sp³-hybridized carbons (Fsp3) is 0.250. The summed E-state index contributed by atoms with van der Waals surface area (Å²) >= 11 is 4.73. The number of rotatable bonds is 1. The van der Waals surface area contributed by atoms with Crippen LogP contribution in [-0.4, -0.2) is 20.7 Å². The molecule has 0 aliphatic carbocycles. The van der Waals surface area contributed by atoms with Crippen LogP contribution >= 0.6 is 12.2 Å². The van der Waals surface area contributed by atoms with Crippen molar-refractivity contribution >= 4 is 18.1 Å². The summed E-state index contributed by atoms with van der Waals surface area (Å²) in [4.78, 5) is 10.5. The molecular formula is C4H6N4OS. The van der Waals surface area contributed by atoms with Crippen molar-refractivity contribution in [3.63, 3.8) is 0 Å². The van der Waals surface area contributed by atoms with Gasteiger partial charge in [-0.25, -0.2) is 0 Å². The van der Waals surface area contributed by atoms with Crippen LogP contribution in [0.5, 0.6) is 0 Å². The van der Waals surface area contributed by atoms with Crippen molar-refractivity contribution in [2.75, 3.05) is 0 Å². The summed E-state index contributed by atoms with van der Waals surface area (Å²) in [6.07, 6.45) is 0. The fourth-order valence-electron chi connectivity index (χ4n) is 0.567. The van der Waals surface area contributed by atoms with Crippen LogP contribution in [0, 0.1) is 4.77 Å². The number of nitrogens with zero attached hydrogens (tertiary/aromatic N) is 2. The van der Waals surface area contributed by atoms with Crippen molar-refractivity contribution in [2.24, 2.45) is 12.8 Å². The topological polar surface area (TPSA) is 76.7 Å². The third kappa shape index (κ3) is 0.926. The molecule has 0 aromatic carbocycles. The lowest BCUT2D eigenvalue weighted by Gasteiger charge is -1.90. The number of amides is 1. The maximum atomic E-state index is 10.5. The van der Waals surface area contributed by atoms with E-state index in [4.69, 9.17) is 18.0 Å². The Kier molecular flexibility index (Phi) is 1.54. The molecule has 1 amide bonds. The Morgan fingerprint density at radius 3 is 2.70 bits per heavy atom. The Morgan fingerprint density at radius 2 is 2.50 bits per heavy atom. The quantitative estimate of drug-likeness (QED) is 0.545. The largest absolute Gasteiger partial charge is 0.363 e. The number of carbonyl (C=O) groups is 1. The Labute approximate surface area is 61.8 Å². The standard InChI is InChI=1S/C4H6N4OS/c1-8-3(2(5)9)6-7-4(8)10/h1H3,(H2,5,9)(H,7,10). The van der Waals surface area contributed by atoms with Crippen molar-refractivity contribution in [1.82, 2.24) is 14.8 Å². The fourth-order valence-corrected chi connectivity index (χ4v) is 0.699. The van der Waals surface area contributed by atoms with Gasteiger partial charge in [0.1, 0.15) is 0 Å². The highest BCUT2D eigenvalue weighted by atomic mass is 32.1. The monoisotopic (exact) mass is 158 g/mol. The number of carbonyl (C=O) groups excluding carboxylic acids is 1. The zero-order chi connectivity index (χ0) is 7.72. The third-order valence-corrected chi connectivity index (χ3v) is 1.47. The average Bonchev–Trinajstić information content (AvgIpc) is 2.14. The Hall–Kier alpha value is -1.17. The van der Waals surface area contributed by atoms with E-state index in [9.17, 15) is 4.79 Å². The highest BCUT2D eigenvalue weighted by Gasteiger charge is 2.06. The lowest BCUT2D eigenvalue weighted by atomic mass is 10.6. The third-order valence-electron chi connectivity index (χ3n) is 1.10. The highest BCUT2D eigenvalue weighted by molar-refractivity contribution is 7.71. The molecule has 0 bridgehead atoms. The van der Waals surface area contributed by atoms with Gasteiger partial charge in [-0.05, 0) is 12.2 Å². The lowest BCUT2D eigenvalue weighted by molar-refractivity contribution is 0.0987. The van der Waals surface area contributed by atoms with Gasteiger partial charge in [0.2, 0.25) is 5.82 Å². The van der Waals surface area contributed by atoms with Gasteiger partial charge in [0.05, 0.1) is 0 Å². The molecule has 5 nitrogen and oxygen atoms in total. The van der Waals surface area contributed by atoms with Gasteiger partial charge in [-0.1, -0.05) is 0 Å². The van der Waals surface area contributed by atoms with Crippen LogP contribution in [0.2, 0.25) is 0 Å². The molecule has 0 aliphatic heterocycles. The number of hydrogen-bond donors (Lipinski definition) is 2. The molecular weight excluding hydrogens is 152 g/mol. The minimum atomic E-state index is -0.588. The summed E-state index contributed by atoms with van der Waals surface area (Å²) < 4.78 is 1.80. The maximum absolute atomic E-state index is 10.5. The number of primary amides is 1. The van der Waals surface area contributed by atoms with Gasteiger partial charge in [-0.15, -0.1) is 5.10 Å². The second kappa shape index (κ2) is 2.22. The van der Waals surface area contributed by atoms with Crippen molar-refractivity contribution in [3.05, 3.63) is 10.6 Å². The zero-order valence-corrected chi connectivity index (χ0v) is 6.10. The molecule has 6 heteroatoms. The van der Waals surface area contributed by atoms with Crippen molar-refractivity contribution in [2.45, 2.75) is 0 Å². The summed E-state index contributed by atoms with van der Waals surface area (Å²) in [5.41, 5.74) is 4.94. The molecule has 54 valence electrons. The summed E-state index contributed by atoms with van der Waals surface area (Å²) in [6.45, 7) is 0. The van der Waals surface area contributed by atoms with Crippen LogP contribution in [-0.2, 0) is 7.05 Å². The molecule has 1 rings (SSSR count). The summed E-state index contributed by atoms with van der Waals surface area (Å²) in [6, 6.07) is 0. The van der Waals surface area contributed by atoms with E-state index in [1.165, 1.54) is 4.57 Å². The van der Waals surface area contributed by atoms with Gasteiger partial charge in [-0.3, -0.25) is 14.5 Å². The van der Waals surface area contributed by atoms with E-state index in [1.54, 1.807) is 7.05 Å². The molecule has 1 aromatic heterocycles. The number of aromatic nitrogens is 3. The Bertz CT molecular complexity index is 311. The number of aromatic amines is 1. The van der Waals surface area contributed by atoms with E-state index in [-0.39, 0.29) is 5.82 Å². The van der Waals surface area contributed by atoms with Gasteiger partial charge < -0.3 is 5.73 Å². The van der Waals surface area contributed by atoms with Gasteiger partial charge in [0.25, 0.3) is 5.91 Å². The first-order valence-corrected chi connectivity index (χ1v) is 2.95. The smallest absolute Gasteiger partial charge is 0.286 e. The molecule has 1 heterocycles. The van der Waals surface area contributed by atoms with Gasteiger partial charge >= 0.3 is 0 Å². The van der Waals surface area contributed by atoms with Crippen molar-refractivity contribution in [3.8, 4) is 0 Å². The van der Waals surface area contributed by atoms with E-state index < -0.39 is 5.91 Å². The summed E-state index contributed by atoms with van der Waals surface area (Å²) in [5, 5.41) is 6.02. The van der Waals surface area contributed by atoms with Crippen molar-refractivity contribution < 1.29 is 4.79 Å². The molecule has 0 radical (unpaired) electrons. The molecule has 0 saturated carbocycles. The minimum Gasteiger partial charge on any atom is -0.363 e. The lowest BCUT2D eigenvalue weighted by Crippen LogP contribution is -2.16. The second-order valence-corrected chi connectivity index (χ2v) is 2.16. The van der Waals surface area contributed by atoms with Gasteiger partial charge in [0, 0.05) is 7.05 Å². The Morgan fingerprint density at radius 1 is 1.90 bits per heavy atom. The highest BCUT2D eigenvalue weighted by Crippen LogP contribution is 1.90. The molecule has 0 aliphatic rings. The number of nitrogens with one attached hydrogen (secondary N) is 1. The molecule has 0 fully saturated rings. The predicted octanol–water partition coefficient (Wildman–Crippen LogP) is -0.423. The van der Waals surface area contributed by atoms with Gasteiger partial charge in [0.15, 0.2) is 4.77 Å². The molecule has 0 unspecified atom stereocenters. The van der Waals surface area contributed by atoms with E-state index in [1.807, 2.05) is 0 Å². The van der Waals surface area contributed by atoms with Crippen LogP contribution in [0.25, 0.3) is 0 Å². The SMILES string of the molecule is Cn1c(C(N)=O)n[nH]c1=S. The molecule has 0 spiro atoms. The van der Waals surface area contributed by atoms with Crippen molar-refractivity contribution in [1.29, 1.82) is 0 Å². The first-order valence-electron chi connectivity index (χ1n) is 2.54. The molecule has 0 atom stereocenters. The average molecular weight is 158 g/mol. The zero-order valence-electron chi connectivity index (χ0n) is 5.29. The minimum absolute atomic E-state index is 0.144. The van der Waals surface area contributed by atoms with Crippen LogP contribution in [0.15, 0.2) is 0 Å². The van der Waals surface area contributed by atoms with E-state index in [2.05, 4.69) is 10.2 Å². The molecule has 0 saturated heterocycles. The molecule has 10 heavy (non-hydrogen) atoms.